The summed E-state index contributed by atoms with van der Waals surface area (Å²) < 4.78 is 43.6. The number of aliphatic carboxylic acids is 1. The van der Waals surface area contributed by atoms with E-state index in [4.69, 9.17) is 19.4 Å². The van der Waals surface area contributed by atoms with Crippen molar-refractivity contribution in [3.05, 3.63) is 24.4 Å². The molecule has 10 heteroatoms. The van der Waals surface area contributed by atoms with E-state index < -0.39 is 12.1 Å². The van der Waals surface area contributed by atoms with Crippen molar-refractivity contribution < 1.29 is 37.3 Å². The number of aromatic nitrogens is 1. The van der Waals surface area contributed by atoms with Crippen LogP contribution in [-0.4, -0.2) is 64.4 Å². The summed E-state index contributed by atoms with van der Waals surface area (Å²) >= 11 is 0. The normalized spacial score (nSPS) is 20.6. The first-order chi connectivity index (χ1) is 13.1. The number of carboxylic acids is 1. The number of nitrogens with zero attached hydrogens (tertiary/aromatic N) is 2. The third kappa shape index (κ3) is 6.08. The Labute approximate surface area is 160 Å². The molecule has 2 aliphatic rings. The first-order valence-electron chi connectivity index (χ1n) is 8.95. The van der Waals surface area contributed by atoms with Gasteiger partial charge < -0.3 is 19.5 Å². The molecule has 0 aromatic carbocycles. The van der Waals surface area contributed by atoms with E-state index >= 15 is 0 Å². The molecule has 0 bridgehead atoms. The van der Waals surface area contributed by atoms with Gasteiger partial charge in [0.05, 0.1) is 19.7 Å². The first-order valence-corrected chi connectivity index (χ1v) is 8.95. The third-order valence-corrected chi connectivity index (χ3v) is 4.39. The van der Waals surface area contributed by atoms with E-state index in [1.807, 2.05) is 30.0 Å². The lowest BCUT2D eigenvalue weighted by Gasteiger charge is -2.52. The van der Waals surface area contributed by atoms with E-state index in [1.54, 1.807) is 6.20 Å². The van der Waals surface area contributed by atoms with Crippen LogP contribution in [0, 0.1) is 0 Å². The second-order valence-corrected chi connectivity index (χ2v) is 6.73. The zero-order valence-corrected chi connectivity index (χ0v) is 15.4. The molecule has 3 heterocycles. The predicted octanol–water partition coefficient (Wildman–Crippen LogP) is 2.65. The molecule has 3 rings (SSSR count). The van der Waals surface area contributed by atoms with Crippen LogP contribution in [0.25, 0.3) is 0 Å². The Bertz CT molecular complexity index is 663. The summed E-state index contributed by atoms with van der Waals surface area (Å²) in [5.74, 6) is -1.86. The minimum Gasteiger partial charge on any atom is -0.475 e. The minimum atomic E-state index is -5.08. The number of likely N-dealkylation sites (tertiary alicyclic amines) is 1. The molecule has 0 radical (unpaired) electrons. The van der Waals surface area contributed by atoms with Crippen LogP contribution < -0.4 is 4.74 Å². The molecule has 2 fully saturated rings. The smallest absolute Gasteiger partial charge is 0.475 e. The molecule has 7 nitrogen and oxygen atoms in total. The number of rotatable bonds is 4. The molecule has 28 heavy (non-hydrogen) atoms. The highest BCUT2D eigenvalue weighted by Crippen LogP contribution is 2.35. The van der Waals surface area contributed by atoms with Gasteiger partial charge in [-0.05, 0) is 12.5 Å². The van der Waals surface area contributed by atoms with E-state index in [1.165, 1.54) is 0 Å². The summed E-state index contributed by atoms with van der Waals surface area (Å²) in [6, 6.07) is 5.67. The van der Waals surface area contributed by atoms with Crippen LogP contribution in [0.15, 0.2) is 24.4 Å². The number of carbonyl (C=O) groups is 2. The lowest BCUT2D eigenvalue weighted by Crippen LogP contribution is -2.67. The molecular formula is C18H23F3N2O5. The molecular weight excluding hydrogens is 381 g/mol. The Hall–Kier alpha value is -2.36. The van der Waals surface area contributed by atoms with Crippen molar-refractivity contribution in [3.8, 4) is 5.88 Å². The Morgan fingerprint density at radius 1 is 1.39 bits per heavy atom. The van der Waals surface area contributed by atoms with Crippen LogP contribution in [-0.2, 0) is 14.3 Å². The van der Waals surface area contributed by atoms with Gasteiger partial charge in [0, 0.05) is 31.5 Å². The SMILES string of the molecule is CCCC(=O)N1CC2(CC(Oc3ccccn3)CCO2)C1.O=C(O)C(F)(F)F. The van der Waals surface area contributed by atoms with Crippen molar-refractivity contribution in [2.24, 2.45) is 0 Å². The molecule has 1 atom stereocenters. The highest BCUT2D eigenvalue weighted by atomic mass is 19.4. The fourth-order valence-electron chi connectivity index (χ4n) is 3.09. The van der Waals surface area contributed by atoms with Gasteiger partial charge in [0.25, 0.3) is 0 Å². The van der Waals surface area contributed by atoms with E-state index in [2.05, 4.69) is 4.98 Å². The highest BCUT2D eigenvalue weighted by molar-refractivity contribution is 5.77. The van der Waals surface area contributed by atoms with Crippen LogP contribution in [0.4, 0.5) is 13.2 Å². The molecule has 1 spiro atoms. The summed E-state index contributed by atoms with van der Waals surface area (Å²) in [4.78, 5) is 26.8. The standard InChI is InChI=1S/C16H22N2O3.C2HF3O2/c1-2-5-15(19)18-11-16(12-18)10-13(7-9-20-16)21-14-6-3-4-8-17-14;3-2(4,5)1(6)7/h3-4,6,8,13H,2,5,7,9-12H2,1H3;(H,6,7). The van der Waals surface area contributed by atoms with Crippen molar-refractivity contribution in [2.45, 2.75) is 50.5 Å². The summed E-state index contributed by atoms with van der Waals surface area (Å²) in [5.41, 5.74) is -0.193. The van der Waals surface area contributed by atoms with Crippen LogP contribution in [0.5, 0.6) is 5.88 Å². The van der Waals surface area contributed by atoms with Gasteiger partial charge in [0.2, 0.25) is 11.8 Å². The number of hydrogen-bond donors (Lipinski definition) is 1. The second kappa shape index (κ2) is 9.22. The molecule has 2 saturated heterocycles. The zero-order valence-electron chi connectivity index (χ0n) is 15.4. The lowest BCUT2D eigenvalue weighted by atomic mass is 9.84. The van der Waals surface area contributed by atoms with Crippen molar-refractivity contribution in [3.63, 3.8) is 0 Å². The molecule has 1 aromatic heterocycles. The summed E-state index contributed by atoms with van der Waals surface area (Å²) in [5, 5.41) is 7.12. The monoisotopic (exact) mass is 404 g/mol. The second-order valence-electron chi connectivity index (χ2n) is 6.73. The average molecular weight is 404 g/mol. The molecule has 0 aliphatic carbocycles. The predicted molar refractivity (Wildman–Crippen MR) is 91.7 cm³/mol. The largest absolute Gasteiger partial charge is 0.490 e. The van der Waals surface area contributed by atoms with Gasteiger partial charge in [-0.2, -0.15) is 13.2 Å². The number of carboxylic acid groups (broad SMARTS) is 1. The van der Waals surface area contributed by atoms with Crippen LogP contribution >= 0.6 is 0 Å². The maximum atomic E-state index is 11.9. The van der Waals surface area contributed by atoms with E-state index in [9.17, 15) is 18.0 Å². The van der Waals surface area contributed by atoms with Gasteiger partial charge >= 0.3 is 12.1 Å². The minimum absolute atomic E-state index is 0.122. The zero-order chi connectivity index (χ0) is 20.8. The van der Waals surface area contributed by atoms with Gasteiger partial charge in [0.15, 0.2) is 0 Å². The van der Waals surface area contributed by atoms with Gasteiger partial charge in [-0.3, -0.25) is 4.79 Å². The molecule has 1 N–H and O–H groups in total. The lowest BCUT2D eigenvalue weighted by molar-refractivity contribution is -0.193. The Morgan fingerprint density at radius 2 is 2.07 bits per heavy atom. The Morgan fingerprint density at radius 3 is 2.61 bits per heavy atom. The van der Waals surface area contributed by atoms with Crippen molar-refractivity contribution in [1.29, 1.82) is 0 Å². The number of alkyl halides is 3. The number of halogens is 3. The molecule has 0 saturated carbocycles. The number of carbonyl (C=O) groups excluding carboxylic acids is 1. The topological polar surface area (TPSA) is 89.0 Å². The summed E-state index contributed by atoms with van der Waals surface area (Å²) in [6.45, 7) is 4.12. The number of ether oxygens (including phenoxy) is 2. The molecule has 156 valence electrons. The fraction of sp³-hybridized carbons (Fsp3) is 0.611. The van der Waals surface area contributed by atoms with E-state index in [0.717, 1.165) is 19.3 Å². The van der Waals surface area contributed by atoms with Crippen LogP contribution in [0.3, 0.4) is 0 Å². The molecule has 1 amide bonds. The summed E-state index contributed by atoms with van der Waals surface area (Å²) in [6.07, 6.45) is 0.00938. The van der Waals surface area contributed by atoms with Gasteiger partial charge in [-0.15, -0.1) is 0 Å². The third-order valence-electron chi connectivity index (χ3n) is 4.39. The van der Waals surface area contributed by atoms with Gasteiger partial charge in [-0.1, -0.05) is 13.0 Å². The molecule has 1 aromatic rings. The highest BCUT2D eigenvalue weighted by Gasteiger charge is 2.49. The summed E-state index contributed by atoms with van der Waals surface area (Å²) in [7, 11) is 0. The quantitative estimate of drug-likeness (QED) is 0.830. The maximum absolute atomic E-state index is 11.9. The van der Waals surface area contributed by atoms with Crippen molar-refractivity contribution in [1.82, 2.24) is 9.88 Å². The van der Waals surface area contributed by atoms with E-state index in [0.29, 0.717) is 32.0 Å². The number of pyridine rings is 1. The van der Waals surface area contributed by atoms with Gasteiger partial charge in [0.1, 0.15) is 11.7 Å². The van der Waals surface area contributed by atoms with Crippen molar-refractivity contribution >= 4 is 11.9 Å². The molecule has 2 aliphatic heterocycles. The number of amides is 1. The van der Waals surface area contributed by atoms with E-state index in [-0.39, 0.29) is 17.6 Å². The maximum Gasteiger partial charge on any atom is 0.490 e. The fourth-order valence-corrected chi connectivity index (χ4v) is 3.09. The number of hydrogen-bond acceptors (Lipinski definition) is 5. The first kappa shape index (κ1) is 21.9. The van der Waals surface area contributed by atoms with Gasteiger partial charge in [-0.25, -0.2) is 9.78 Å². The van der Waals surface area contributed by atoms with Crippen LogP contribution in [0.2, 0.25) is 0 Å². The van der Waals surface area contributed by atoms with Crippen molar-refractivity contribution in [2.75, 3.05) is 19.7 Å². The average Bonchev–Trinajstić information content (AvgIpc) is 2.60. The van der Waals surface area contributed by atoms with Crippen LogP contribution in [0.1, 0.15) is 32.6 Å². The molecule has 1 unspecified atom stereocenters. The Kier molecular flexibility index (Phi) is 7.22. The Balaban J connectivity index is 0.000000345.